The van der Waals surface area contributed by atoms with E-state index >= 15 is 0 Å². The van der Waals surface area contributed by atoms with Gasteiger partial charge in [-0.05, 0) is 38.8 Å². The second-order valence-electron chi connectivity index (χ2n) is 8.71. The van der Waals surface area contributed by atoms with E-state index in [2.05, 4.69) is 4.90 Å². The molecule has 0 aliphatic carbocycles. The minimum atomic E-state index is -0.916. The van der Waals surface area contributed by atoms with Crippen molar-refractivity contribution in [3.63, 3.8) is 0 Å². The molecule has 0 radical (unpaired) electrons. The van der Waals surface area contributed by atoms with Gasteiger partial charge >= 0.3 is 0 Å². The van der Waals surface area contributed by atoms with E-state index in [1.165, 1.54) is 16.8 Å². The summed E-state index contributed by atoms with van der Waals surface area (Å²) in [6.07, 6.45) is 0.844. The number of rotatable bonds is 5. The highest BCUT2D eigenvalue weighted by Crippen LogP contribution is 2.32. The van der Waals surface area contributed by atoms with Gasteiger partial charge in [-0.1, -0.05) is 6.07 Å². The lowest BCUT2D eigenvalue weighted by Gasteiger charge is -2.38. The van der Waals surface area contributed by atoms with Crippen LogP contribution in [0, 0.1) is 11.6 Å². The number of fused-ring (bicyclic) bond motifs is 2. The maximum Gasteiger partial charge on any atom is 0.276 e. The van der Waals surface area contributed by atoms with E-state index in [1.807, 2.05) is 20.8 Å². The number of aromatic nitrogens is 1. The summed E-state index contributed by atoms with van der Waals surface area (Å²) in [5.74, 6) is -3.26. The lowest BCUT2D eigenvalue weighted by Crippen LogP contribution is -2.53. The fourth-order valence-electron chi connectivity index (χ4n) is 4.67. The van der Waals surface area contributed by atoms with Gasteiger partial charge in [0.15, 0.2) is 17.2 Å². The van der Waals surface area contributed by atoms with Gasteiger partial charge in [0.1, 0.15) is 17.8 Å². The van der Waals surface area contributed by atoms with Crippen LogP contribution in [0.15, 0.2) is 29.2 Å². The summed E-state index contributed by atoms with van der Waals surface area (Å²) >= 11 is 0. The molecule has 2 atom stereocenters. The van der Waals surface area contributed by atoms with Crippen LogP contribution in [-0.4, -0.2) is 56.0 Å². The molecule has 2 aliphatic heterocycles. The van der Waals surface area contributed by atoms with Crippen LogP contribution >= 0.6 is 0 Å². The molecule has 2 aliphatic rings. The first kappa shape index (κ1) is 22.1. The van der Waals surface area contributed by atoms with Crippen molar-refractivity contribution in [2.45, 2.75) is 58.4 Å². The van der Waals surface area contributed by atoms with Gasteiger partial charge < -0.3 is 14.6 Å². The van der Waals surface area contributed by atoms with Gasteiger partial charge in [-0.3, -0.25) is 19.3 Å². The Hall–Kier alpha value is -3.07. The number of ketones is 1. The maximum atomic E-state index is 13.9. The molecule has 1 saturated heterocycles. The second kappa shape index (κ2) is 8.12. The highest BCUT2D eigenvalue weighted by molar-refractivity contribution is 6.00. The molecule has 170 valence electrons. The van der Waals surface area contributed by atoms with Gasteiger partial charge in [0.05, 0.1) is 12.1 Å². The molecule has 1 aromatic carbocycles. The van der Waals surface area contributed by atoms with Crippen molar-refractivity contribution in [3.05, 3.63) is 63.1 Å². The topological polar surface area (TPSA) is 82.8 Å². The first-order valence-corrected chi connectivity index (χ1v) is 10.6. The first-order chi connectivity index (χ1) is 15.1. The number of aromatic hydroxyl groups is 1. The van der Waals surface area contributed by atoms with Crippen LogP contribution in [-0.2, 0) is 13.0 Å². The third-order valence-corrected chi connectivity index (χ3v) is 6.31. The van der Waals surface area contributed by atoms with E-state index in [-0.39, 0.29) is 47.9 Å². The average Bonchev–Trinajstić information content (AvgIpc) is 3.06. The zero-order chi connectivity index (χ0) is 23.3. The van der Waals surface area contributed by atoms with Crippen LogP contribution in [0.3, 0.4) is 0 Å². The first-order valence-electron chi connectivity index (χ1n) is 10.6. The van der Waals surface area contributed by atoms with Crippen LogP contribution in [0.4, 0.5) is 8.78 Å². The summed E-state index contributed by atoms with van der Waals surface area (Å²) in [7, 11) is 0. The van der Waals surface area contributed by atoms with E-state index in [9.17, 15) is 28.3 Å². The monoisotopic (exact) mass is 445 g/mol. The fourth-order valence-corrected chi connectivity index (χ4v) is 4.67. The van der Waals surface area contributed by atoms with Gasteiger partial charge in [-0.15, -0.1) is 0 Å². The SMILES string of the molecule is CC(C)N1C[C@@H](C)N2C(=O)c3c(O)c(=O)c(C(=O)CCc4ccc(F)cc4F)cn3C[C@H]12. The molecular weight excluding hydrogens is 420 g/mol. The molecule has 0 saturated carbocycles. The smallest absolute Gasteiger partial charge is 0.276 e. The summed E-state index contributed by atoms with van der Waals surface area (Å²) in [5, 5.41) is 10.5. The number of carbonyl (C=O) groups is 2. The van der Waals surface area contributed by atoms with Crippen molar-refractivity contribution >= 4 is 11.7 Å². The zero-order valence-corrected chi connectivity index (χ0v) is 18.1. The number of halogens is 2. The van der Waals surface area contributed by atoms with Crippen LogP contribution in [0.25, 0.3) is 0 Å². The minimum absolute atomic E-state index is 0.0269. The van der Waals surface area contributed by atoms with E-state index in [0.29, 0.717) is 13.1 Å². The molecule has 32 heavy (non-hydrogen) atoms. The number of benzene rings is 1. The molecule has 1 amide bonds. The fraction of sp³-hybridized carbons (Fsp3) is 0.435. The molecule has 0 bridgehead atoms. The van der Waals surface area contributed by atoms with Gasteiger partial charge in [0, 0.05) is 37.3 Å². The number of Topliss-reactive ketones (excluding diaryl/α,β-unsaturated/α-hetero) is 1. The molecule has 0 spiro atoms. The van der Waals surface area contributed by atoms with Gasteiger partial charge in [-0.2, -0.15) is 0 Å². The van der Waals surface area contributed by atoms with Crippen LogP contribution in [0.5, 0.6) is 5.75 Å². The number of hydrogen-bond acceptors (Lipinski definition) is 5. The number of amides is 1. The van der Waals surface area contributed by atoms with E-state index in [1.54, 1.807) is 4.90 Å². The molecular formula is C23H25F2N3O4. The lowest BCUT2D eigenvalue weighted by molar-refractivity contribution is 0.0404. The Bertz CT molecular complexity index is 1160. The molecule has 4 rings (SSSR count). The van der Waals surface area contributed by atoms with Gasteiger partial charge in [0.2, 0.25) is 5.43 Å². The number of carbonyl (C=O) groups excluding carboxylic acids is 2. The normalized spacial score (nSPS) is 20.6. The standard InChI is InChI=1S/C23H25F2N3O4/c1-12(2)27-9-13(3)28-19(27)11-26-10-16(21(30)22(31)20(26)23(28)32)18(29)7-5-14-4-6-15(24)8-17(14)25/h4,6,8,10,12-13,19,31H,5,7,9,11H2,1-3H3/t13-,19-/m1/s1. The minimum Gasteiger partial charge on any atom is -0.503 e. The molecule has 0 unspecified atom stereocenters. The summed E-state index contributed by atoms with van der Waals surface area (Å²) in [4.78, 5) is 42.4. The second-order valence-corrected chi connectivity index (χ2v) is 8.71. The van der Waals surface area contributed by atoms with Gasteiger partial charge in [-0.25, -0.2) is 8.78 Å². The van der Waals surface area contributed by atoms with E-state index < -0.39 is 34.5 Å². The summed E-state index contributed by atoms with van der Waals surface area (Å²) < 4.78 is 28.4. The van der Waals surface area contributed by atoms with Crippen molar-refractivity contribution in [1.29, 1.82) is 0 Å². The highest BCUT2D eigenvalue weighted by Gasteiger charge is 2.46. The predicted octanol–water partition coefficient (Wildman–Crippen LogP) is 2.54. The molecule has 7 nitrogen and oxygen atoms in total. The Morgan fingerprint density at radius 2 is 1.94 bits per heavy atom. The highest BCUT2D eigenvalue weighted by atomic mass is 19.1. The van der Waals surface area contributed by atoms with Crippen LogP contribution in [0.1, 0.15) is 53.6 Å². The predicted molar refractivity (Wildman–Crippen MR) is 113 cm³/mol. The Morgan fingerprint density at radius 3 is 2.59 bits per heavy atom. The largest absolute Gasteiger partial charge is 0.503 e. The summed E-state index contributed by atoms with van der Waals surface area (Å²) in [6, 6.07) is 3.19. The third-order valence-electron chi connectivity index (χ3n) is 6.31. The van der Waals surface area contributed by atoms with E-state index in [4.69, 9.17) is 0 Å². The van der Waals surface area contributed by atoms with Crippen molar-refractivity contribution in [3.8, 4) is 5.75 Å². The Kier molecular flexibility index (Phi) is 5.62. The quantitative estimate of drug-likeness (QED) is 0.716. The third kappa shape index (κ3) is 3.60. The van der Waals surface area contributed by atoms with Crippen molar-refractivity contribution in [2.75, 3.05) is 6.54 Å². The molecule has 9 heteroatoms. The number of pyridine rings is 1. The maximum absolute atomic E-state index is 13.9. The molecule has 1 fully saturated rings. The summed E-state index contributed by atoms with van der Waals surface area (Å²) in [5.41, 5.74) is -1.14. The van der Waals surface area contributed by atoms with E-state index in [0.717, 1.165) is 12.1 Å². The number of hydrogen-bond donors (Lipinski definition) is 1. The Balaban J connectivity index is 1.65. The van der Waals surface area contributed by atoms with Crippen LogP contribution in [0.2, 0.25) is 0 Å². The van der Waals surface area contributed by atoms with Crippen molar-refractivity contribution in [1.82, 2.24) is 14.4 Å². The summed E-state index contributed by atoms with van der Waals surface area (Å²) in [6.45, 7) is 6.96. The molecule has 1 N–H and O–H groups in total. The van der Waals surface area contributed by atoms with Crippen molar-refractivity contribution < 1.29 is 23.5 Å². The molecule has 1 aromatic heterocycles. The number of nitrogens with zero attached hydrogens (tertiary/aromatic N) is 3. The Morgan fingerprint density at radius 1 is 1.22 bits per heavy atom. The number of aryl methyl sites for hydroxylation is 1. The zero-order valence-electron chi connectivity index (χ0n) is 18.1. The molecule has 3 heterocycles. The molecule has 2 aromatic rings. The van der Waals surface area contributed by atoms with Crippen LogP contribution < -0.4 is 5.43 Å². The Labute approximate surface area is 183 Å². The van der Waals surface area contributed by atoms with Crippen molar-refractivity contribution in [2.24, 2.45) is 0 Å². The average molecular weight is 445 g/mol. The lowest BCUT2D eigenvalue weighted by atomic mass is 10.0. The van der Waals surface area contributed by atoms with Gasteiger partial charge in [0.25, 0.3) is 5.91 Å².